The SMILES string of the molecule is CS(=O)(=O)c1cnn(-c2nc(CCl)cs2)c1. The Morgan fingerprint density at radius 2 is 2.31 bits per heavy atom. The van der Waals surface area contributed by atoms with Gasteiger partial charge in [0.15, 0.2) is 9.84 Å². The van der Waals surface area contributed by atoms with Crippen LogP contribution in [0, 0.1) is 0 Å². The number of sulfone groups is 1. The zero-order chi connectivity index (χ0) is 11.8. The van der Waals surface area contributed by atoms with Gasteiger partial charge in [-0.2, -0.15) is 5.10 Å². The smallest absolute Gasteiger partial charge is 0.210 e. The van der Waals surface area contributed by atoms with Crippen LogP contribution in [0.4, 0.5) is 0 Å². The topological polar surface area (TPSA) is 64.8 Å². The van der Waals surface area contributed by atoms with Gasteiger partial charge in [-0.3, -0.25) is 0 Å². The van der Waals surface area contributed by atoms with Crippen LogP contribution < -0.4 is 0 Å². The minimum absolute atomic E-state index is 0.176. The molecule has 0 unspecified atom stereocenters. The van der Waals surface area contributed by atoms with E-state index in [1.165, 1.54) is 28.4 Å². The number of aromatic nitrogens is 3. The molecule has 86 valence electrons. The zero-order valence-electron chi connectivity index (χ0n) is 8.29. The number of halogens is 1. The van der Waals surface area contributed by atoms with E-state index >= 15 is 0 Å². The third-order valence-corrected chi connectivity index (χ3v) is 4.08. The lowest BCUT2D eigenvalue weighted by atomic mass is 10.6. The van der Waals surface area contributed by atoms with Crippen molar-refractivity contribution in [2.75, 3.05) is 6.26 Å². The summed E-state index contributed by atoms with van der Waals surface area (Å²) in [6.45, 7) is 0. The lowest BCUT2D eigenvalue weighted by molar-refractivity contribution is 0.602. The van der Waals surface area contributed by atoms with Gasteiger partial charge in [0.2, 0.25) is 5.13 Å². The van der Waals surface area contributed by atoms with E-state index < -0.39 is 9.84 Å². The fourth-order valence-corrected chi connectivity index (χ4v) is 2.58. The van der Waals surface area contributed by atoms with Gasteiger partial charge in [-0.05, 0) is 0 Å². The van der Waals surface area contributed by atoms with E-state index in [4.69, 9.17) is 11.6 Å². The van der Waals surface area contributed by atoms with Crippen LogP contribution in [0.1, 0.15) is 5.69 Å². The first-order chi connectivity index (χ1) is 7.50. The Kier molecular flexibility index (Phi) is 3.00. The maximum atomic E-state index is 11.2. The molecule has 16 heavy (non-hydrogen) atoms. The summed E-state index contributed by atoms with van der Waals surface area (Å²) >= 11 is 6.99. The Balaban J connectivity index is 2.39. The molecule has 0 aliphatic carbocycles. The Morgan fingerprint density at radius 3 is 2.81 bits per heavy atom. The van der Waals surface area contributed by atoms with E-state index in [1.807, 2.05) is 5.38 Å². The summed E-state index contributed by atoms with van der Waals surface area (Å²) in [5.74, 6) is 0.330. The summed E-state index contributed by atoms with van der Waals surface area (Å²) in [6, 6.07) is 0. The van der Waals surface area contributed by atoms with Crippen LogP contribution >= 0.6 is 22.9 Å². The van der Waals surface area contributed by atoms with Gasteiger partial charge in [0.1, 0.15) is 4.90 Å². The van der Waals surface area contributed by atoms with E-state index in [0.717, 1.165) is 11.9 Å². The second kappa shape index (κ2) is 4.15. The highest BCUT2D eigenvalue weighted by Gasteiger charge is 2.12. The van der Waals surface area contributed by atoms with Crippen LogP contribution in [-0.4, -0.2) is 29.4 Å². The third kappa shape index (κ3) is 2.26. The Morgan fingerprint density at radius 1 is 1.56 bits per heavy atom. The molecule has 0 atom stereocenters. The number of alkyl halides is 1. The number of hydrogen-bond donors (Lipinski definition) is 0. The molecule has 0 aromatic carbocycles. The molecule has 0 fully saturated rings. The van der Waals surface area contributed by atoms with Crippen LogP contribution in [-0.2, 0) is 15.7 Å². The molecule has 5 nitrogen and oxygen atoms in total. The minimum Gasteiger partial charge on any atom is -0.224 e. The highest BCUT2D eigenvalue weighted by Crippen LogP contribution is 2.17. The van der Waals surface area contributed by atoms with E-state index in [0.29, 0.717) is 11.0 Å². The molecule has 2 aromatic rings. The minimum atomic E-state index is -3.22. The first-order valence-corrected chi connectivity index (χ1v) is 7.57. The molecule has 2 heterocycles. The Hall–Kier alpha value is -0.920. The average Bonchev–Trinajstić information content (AvgIpc) is 2.85. The van der Waals surface area contributed by atoms with Crippen molar-refractivity contribution >= 4 is 32.8 Å². The number of rotatable bonds is 3. The lowest BCUT2D eigenvalue weighted by Crippen LogP contribution is -1.96. The van der Waals surface area contributed by atoms with Gasteiger partial charge in [0.25, 0.3) is 0 Å². The summed E-state index contributed by atoms with van der Waals surface area (Å²) < 4.78 is 23.9. The first kappa shape index (κ1) is 11.6. The van der Waals surface area contributed by atoms with Crippen LogP contribution in [0.15, 0.2) is 22.7 Å². The van der Waals surface area contributed by atoms with Crippen molar-refractivity contribution in [3.63, 3.8) is 0 Å². The zero-order valence-corrected chi connectivity index (χ0v) is 10.7. The van der Waals surface area contributed by atoms with Crippen molar-refractivity contribution in [1.29, 1.82) is 0 Å². The summed E-state index contributed by atoms with van der Waals surface area (Å²) in [4.78, 5) is 4.36. The first-order valence-electron chi connectivity index (χ1n) is 4.26. The highest BCUT2D eigenvalue weighted by molar-refractivity contribution is 7.90. The highest BCUT2D eigenvalue weighted by atomic mass is 35.5. The molecule has 0 N–H and O–H groups in total. The normalized spacial score (nSPS) is 11.9. The third-order valence-electron chi connectivity index (χ3n) is 1.86. The van der Waals surface area contributed by atoms with Crippen molar-refractivity contribution in [3.05, 3.63) is 23.5 Å². The molecule has 0 saturated carbocycles. The second-order valence-corrected chi connectivity index (χ2v) is 6.27. The predicted molar refractivity (Wildman–Crippen MR) is 61.9 cm³/mol. The molecule has 0 spiro atoms. The summed E-state index contributed by atoms with van der Waals surface area (Å²) in [5.41, 5.74) is 0.748. The van der Waals surface area contributed by atoms with Gasteiger partial charge in [0.05, 0.1) is 24.0 Å². The number of thiazole rings is 1. The molecule has 0 aliphatic heterocycles. The van der Waals surface area contributed by atoms with E-state index in [9.17, 15) is 8.42 Å². The predicted octanol–water partition coefficient (Wildman–Crippen LogP) is 1.47. The van der Waals surface area contributed by atoms with Crippen LogP contribution in [0.25, 0.3) is 5.13 Å². The molecule has 0 radical (unpaired) electrons. The molecule has 0 bridgehead atoms. The number of hydrogen-bond acceptors (Lipinski definition) is 5. The Bertz CT molecular complexity index is 602. The van der Waals surface area contributed by atoms with Gasteiger partial charge < -0.3 is 0 Å². The fraction of sp³-hybridized carbons (Fsp3) is 0.250. The molecular formula is C8H8ClN3O2S2. The molecule has 2 aromatic heterocycles. The van der Waals surface area contributed by atoms with Gasteiger partial charge >= 0.3 is 0 Å². The number of nitrogens with zero attached hydrogens (tertiary/aromatic N) is 3. The van der Waals surface area contributed by atoms with Crippen LogP contribution in [0.2, 0.25) is 0 Å². The molecule has 0 saturated heterocycles. The van der Waals surface area contributed by atoms with Gasteiger partial charge in [-0.25, -0.2) is 18.1 Å². The Labute approximate surface area is 102 Å². The molecular weight excluding hydrogens is 270 g/mol. The van der Waals surface area contributed by atoms with Gasteiger partial charge in [-0.15, -0.1) is 22.9 Å². The molecule has 2 rings (SSSR count). The van der Waals surface area contributed by atoms with Gasteiger partial charge in [0, 0.05) is 11.6 Å². The van der Waals surface area contributed by atoms with Crippen molar-refractivity contribution in [1.82, 2.24) is 14.8 Å². The summed E-state index contributed by atoms with van der Waals surface area (Å²) in [6.07, 6.45) is 3.88. The largest absolute Gasteiger partial charge is 0.224 e. The monoisotopic (exact) mass is 277 g/mol. The van der Waals surface area contributed by atoms with Crippen molar-refractivity contribution in [3.8, 4) is 5.13 Å². The van der Waals surface area contributed by atoms with Crippen molar-refractivity contribution in [2.45, 2.75) is 10.8 Å². The summed E-state index contributed by atoms with van der Waals surface area (Å²) in [7, 11) is -3.22. The van der Waals surface area contributed by atoms with E-state index in [1.54, 1.807) is 0 Å². The average molecular weight is 278 g/mol. The standard InChI is InChI=1S/C8H8ClN3O2S2/c1-16(13,14)7-3-10-12(4-7)8-11-6(2-9)5-15-8/h3-5H,2H2,1H3. The van der Waals surface area contributed by atoms with Crippen molar-refractivity contribution in [2.24, 2.45) is 0 Å². The maximum absolute atomic E-state index is 11.2. The second-order valence-electron chi connectivity index (χ2n) is 3.15. The maximum Gasteiger partial charge on any atom is 0.210 e. The summed E-state index contributed by atoms with van der Waals surface area (Å²) in [5, 5.41) is 6.35. The van der Waals surface area contributed by atoms with E-state index in [-0.39, 0.29) is 4.90 Å². The van der Waals surface area contributed by atoms with Crippen molar-refractivity contribution < 1.29 is 8.42 Å². The van der Waals surface area contributed by atoms with Crippen LogP contribution in [0.5, 0.6) is 0 Å². The quantitative estimate of drug-likeness (QED) is 0.797. The van der Waals surface area contributed by atoms with Gasteiger partial charge in [-0.1, -0.05) is 0 Å². The molecule has 0 aliphatic rings. The fourth-order valence-electron chi connectivity index (χ4n) is 1.07. The molecule has 0 amide bonds. The van der Waals surface area contributed by atoms with E-state index in [2.05, 4.69) is 10.1 Å². The molecule has 8 heteroatoms. The van der Waals surface area contributed by atoms with Crippen LogP contribution in [0.3, 0.4) is 0 Å². The lowest BCUT2D eigenvalue weighted by Gasteiger charge is -1.92.